The molecule has 0 aliphatic carbocycles. The average molecular weight is 251 g/mol. The SMILES string of the molecule is CCCOc1ccc(C(O)CN(CC)CC)cc1. The van der Waals surface area contributed by atoms with E-state index in [9.17, 15) is 5.11 Å². The number of hydrogen-bond acceptors (Lipinski definition) is 3. The molecule has 0 fully saturated rings. The molecule has 0 aliphatic heterocycles. The van der Waals surface area contributed by atoms with Crippen molar-refractivity contribution in [3.63, 3.8) is 0 Å². The highest BCUT2D eigenvalue weighted by molar-refractivity contribution is 5.28. The number of rotatable bonds is 8. The summed E-state index contributed by atoms with van der Waals surface area (Å²) in [6, 6.07) is 7.74. The Labute approximate surface area is 110 Å². The molecule has 1 N–H and O–H groups in total. The standard InChI is InChI=1S/C15H25NO2/c1-4-11-18-14-9-7-13(8-10-14)15(17)12-16(5-2)6-3/h7-10,15,17H,4-6,11-12H2,1-3H3. The number of ether oxygens (including phenoxy) is 1. The lowest BCUT2D eigenvalue weighted by Crippen LogP contribution is -2.28. The van der Waals surface area contributed by atoms with Crippen molar-refractivity contribution in [3.8, 4) is 5.75 Å². The van der Waals surface area contributed by atoms with Gasteiger partial charge in [-0.15, -0.1) is 0 Å². The minimum atomic E-state index is -0.426. The fourth-order valence-corrected chi connectivity index (χ4v) is 1.84. The fraction of sp³-hybridized carbons (Fsp3) is 0.600. The summed E-state index contributed by atoms with van der Waals surface area (Å²) in [7, 11) is 0. The van der Waals surface area contributed by atoms with Gasteiger partial charge in [0.1, 0.15) is 5.75 Å². The van der Waals surface area contributed by atoms with E-state index in [0.29, 0.717) is 6.54 Å². The maximum absolute atomic E-state index is 10.1. The first-order valence-corrected chi connectivity index (χ1v) is 6.84. The monoisotopic (exact) mass is 251 g/mol. The maximum atomic E-state index is 10.1. The van der Waals surface area contributed by atoms with Gasteiger partial charge >= 0.3 is 0 Å². The number of likely N-dealkylation sites (N-methyl/N-ethyl adjacent to an activating group) is 1. The van der Waals surface area contributed by atoms with E-state index in [4.69, 9.17) is 4.74 Å². The summed E-state index contributed by atoms with van der Waals surface area (Å²) >= 11 is 0. The van der Waals surface area contributed by atoms with Crippen molar-refractivity contribution in [2.75, 3.05) is 26.2 Å². The highest BCUT2D eigenvalue weighted by Crippen LogP contribution is 2.18. The molecule has 1 unspecified atom stereocenters. The smallest absolute Gasteiger partial charge is 0.119 e. The van der Waals surface area contributed by atoms with Crippen molar-refractivity contribution in [3.05, 3.63) is 29.8 Å². The van der Waals surface area contributed by atoms with Crippen LogP contribution in [0.4, 0.5) is 0 Å². The molecule has 3 heteroatoms. The minimum Gasteiger partial charge on any atom is -0.494 e. The molecule has 1 aromatic carbocycles. The van der Waals surface area contributed by atoms with Crippen LogP contribution in [0.3, 0.4) is 0 Å². The van der Waals surface area contributed by atoms with Crippen LogP contribution < -0.4 is 4.74 Å². The van der Waals surface area contributed by atoms with Gasteiger partial charge in [0.2, 0.25) is 0 Å². The van der Waals surface area contributed by atoms with Crippen molar-refractivity contribution < 1.29 is 9.84 Å². The summed E-state index contributed by atoms with van der Waals surface area (Å²) in [5.41, 5.74) is 0.950. The van der Waals surface area contributed by atoms with Crippen LogP contribution >= 0.6 is 0 Å². The molecule has 0 aliphatic rings. The molecule has 0 amide bonds. The molecular formula is C15H25NO2. The highest BCUT2D eigenvalue weighted by atomic mass is 16.5. The first-order chi connectivity index (χ1) is 8.71. The van der Waals surface area contributed by atoms with Crippen LogP contribution in [0.1, 0.15) is 38.9 Å². The van der Waals surface area contributed by atoms with E-state index in [1.807, 2.05) is 24.3 Å². The van der Waals surface area contributed by atoms with Crippen LogP contribution in [0.25, 0.3) is 0 Å². The van der Waals surface area contributed by atoms with E-state index in [1.54, 1.807) is 0 Å². The highest BCUT2D eigenvalue weighted by Gasteiger charge is 2.11. The van der Waals surface area contributed by atoms with Crippen LogP contribution in [-0.4, -0.2) is 36.2 Å². The zero-order valence-corrected chi connectivity index (χ0v) is 11.7. The largest absolute Gasteiger partial charge is 0.494 e. The van der Waals surface area contributed by atoms with Gasteiger partial charge in [0.05, 0.1) is 12.7 Å². The first-order valence-electron chi connectivity index (χ1n) is 6.84. The fourth-order valence-electron chi connectivity index (χ4n) is 1.84. The molecule has 0 spiro atoms. The van der Waals surface area contributed by atoms with Crippen molar-refractivity contribution in [1.29, 1.82) is 0 Å². The zero-order chi connectivity index (χ0) is 13.4. The van der Waals surface area contributed by atoms with Gasteiger partial charge < -0.3 is 14.7 Å². The molecule has 0 aromatic heterocycles. The van der Waals surface area contributed by atoms with E-state index in [0.717, 1.165) is 37.4 Å². The topological polar surface area (TPSA) is 32.7 Å². The van der Waals surface area contributed by atoms with Crippen LogP contribution in [0.15, 0.2) is 24.3 Å². The van der Waals surface area contributed by atoms with Crippen molar-refractivity contribution in [1.82, 2.24) is 4.90 Å². The Hall–Kier alpha value is -1.06. The number of benzene rings is 1. The molecule has 0 saturated heterocycles. The zero-order valence-electron chi connectivity index (χ0n) is 11.7. The lowest BCUT2D eigenvalue weighted by Gasteiger charge is -2.22. The predicted molar refractivity (Wildman–Crippen MR) is 75.0 cm³/mol. The lowest BCUT2D eigenvalue weighted by molar-refractivity contribution is 0.119. The third-order valence-corrected chi connectivity index (χ3v) is 3.06. The quantitative estimate of drug-likeness (QED) is 0.771. The van der Waals surface area contributed by atoms with Gasteiger partial charge in [-0.2, -0.15) is 0 Å². The Morgan fingerprint density at radius 3 is 2.22 bits per heavy atom. The number of aliphatic hydroxyl groups excluding tert-OH is 1. The molecule has 1 aromatic rings. The lowest BCUT2D eigenvalue weighted by atomic mass is 10.1. The van der Waals surface area contributed by atoms with Crippen molar-refractivity contribution in [2.45, 2.75) is 33.3 Å². The third kappa shape index (κ3) is 4.67. The van der Waals surface area contributed by atoms with Crippen molar-refractivity contribution in [2.24, 2.45) is 0 Å². The van der Waals surface area contributed by atoms with Crippen LogP contribution in [0.2, 0.25) is 0 Å². The van der Waals surface area contributed by atoms with Gasteiger partial charge in [0, 0.05) is 6.54 Å². The van der Waals surface area contributed by atoms with Crippen LogP contribution in [0, 0.1) is 0 Å². The molecular weight excluding hydrogens is 226 g/mol. The van der Waals surface area contributed by atoms with E-state index in [2.05, 4.69) is 25.7 Å². The number of hydrogen-bond donors (Lipinski definition) is 1. The summed E-state index contributed by atoms with van der Waals surface area (Å²) in [5, 5.41) is 10.1. The Bertz CT molecular complexity index is 320. The van der Waals surface area contributed by atoms with Gasteiger partial charge in [0.25, 0.3) is 0 Å². The molecule has 1 rings (SSSR count). The Kier molecular flexibility index (Phi) is 6.76. The second-order valence-electron chi connectivity index (χ2n) is 4.42. The molecule has 0 saturated carbocycles. The molecule has 0 radical (unpaired) electrons. The maximum Gasteiger partial charge on any atom is 0.119 e. The molecule has 0 bridgehead atoms. The molecule has 0 heterocycles. The molecule has 18 heavy (non-hydrogen) atoms. The summed E-state index contributed by atoms with van der Waals surface area (Å²) in [4.78, 5) is 2.21. The second kappa shape index (κ2) is 8.11. The number of nitrogens with zero attached hydrogens (tertiary/aromatic N) is 1. The number of aliphatic hydroxyl groups is 1. The molecule has 3 nitrogen and oxygen atoms in total. The summed E-state index contributed by atoms with van der Waals surface area (Å²) < 4.78 is 5.52. The second-order valence-corrected chi connectivity index (χ2v) is 4.42. The molecule has 102 valence electrons. The first kappa shape index (κ1) is 15.0. The summed E-state index contributed by atoms with van der Waals surface area (Å²) in [5.74, 6) is 0.871. The normalized spacial score (nSPS) is 12.7. The minimum absolute atomic E-state index is 0.426. The van der Waals surface area contributed by atoms with Gasteiger partial charge in [-0.25, -0.2) is 0 Å². The van der Waals surface area contributed by atoms with Gasteiger partial charge in [-0.1, -0.05) is 32.9 Å². The van der Waals surface area contributed by atoms with Gasteiger partial charge in [-0.3, -0.25) is 0 Å². The summed E-state index contributed by atoms with van der Waals surface area (Å²) in [6.07, 6.45) is 0.580. The Balaban J connectivity index is 2.55. The average Bonchev–Trinajstić information content (AvgIpc) is 2.42. The van der Waals surface area contributed by atoms with E-state index in [1.165, 1.54) is 0 Å². The Morgan fingerprint density at radius 1 is 1.11 bits per heavy atom. The van der Waals surface area contributed by atoms with E-state index in [-0.39, 0.29) is 0 Å². The van der Waals surface area contributed by atoms with Crippen LogP contribution in [-0.2, 0) is 0 Å². The van der Waals surface area contributed by atoms with E-state index < -0.39 is 6.10 Å². The molecule has 1 atom stereocenters. The summed E-state index contributed by atoms with van der Waals surface area (Å²) in [6.45, 7) is 9.65. The Morgan fingerprint density at radius 2 is 1.72 bits per heavy atom. The van der Waals surface area contributed by atoms with Gasteiger partial charge in [-0.05, 0) is 37.2 Å². The predicted octanol–water partition coefficient (Wildman–Crippen LogP) is 2.85. The van der Waals surface area contributed by atoms with Crippen LogP contribution in [0.5, 0.6) is 5.75 Å². The van der Waals surface area contributed by atoms with E-state index >= 15 is 0 Å². The third-order valence-electron chi connectivity index (χ3n) is 3.06. The van der Waals surface area contributed by atoms with Crippen molar-refractivity contribution >= 4 is 0 Å². The van der Waals surface area contributed by atoms with Gasteiger partial charge in [0.15, 0.2) is 0 Å².